The van der Waals surface area contributed by atoms with E-state index < -0.39 is 11.6 Å². The van der Waals surface area contributed by atoms with Crippen molar-refractivity contribution in [1.82, 2.24) is 0 Å². The molecule has 1 unspecified atom stereocenters. The number of hydrogen-bond donors (Lipinski definition) is 1. The normalized spacial score (nSPS) is 17.9. The molecule has 0 saturated heterocycles. The summed E-state index contributed by atoms with van der Waals surface area (Å²) in [5.74, 6) is -1.69. The van der Waals surface area contributed by atoms with Gasteiger partial charge in [0, 0.05) is 11.8 Å². The van der Waals surface area contributed by atoms with E-state index >= 15 is 0 Å². The van der Waals surface area contributed by atoms with E-state index in [-0.39, 0.29) is 6.04 Å². The molecule has 19 heavy (non-hydrogen) atoms. The van der Waals surface area contributed by atoms with Crippen LogP contribution in [-0.2, 0) is 11.3 Å². The van der Waals surface area contributed by atoms with Gasteiger partial charge in [-0.3, -0.25) is 0 Å². The van der Waals surface area contributed by atoms with Gasteiger partial charge in [0.05, 0.1) is 19.3 Å². The van der Waals surface area contributed by atoms with Crippen LogP contribution in [0.1, 0.15) is 17.2 Å². The van der Waals surface area contributed by atoms with Gasteiger partial charge in [-0.05, 0) is 23.3 Å². The van der Waals surface area contributed by atoms with Crippen molar-refractivity contribution in [3.63, 3.8) is 0 Å². The van der Waals surface area contributed by atoms with Crippen molar-refractivity contribution in [2.45, 2.75) is 12.6 Å². The fourth-order valence-electron chi connectivity index (χ4n) is 2.29. The van der Waals surface area contributed by atoms with E-state index in [0.29, 0.717) is 18.9 Å². The highest BCUT2D eigenvalue weighted by molar-refractivity contribution is 5.47. The molecule has 1 aliphatic heterocycles. The molecule has 2 nitrogen and oxygen atoms in total. The Morgan fingerprint density at radius 3 is 2.74 bits per heavy atom. The summed E-state index contributed by atoms with van der Waals surface area (Å²) < 4.78 is 31.6. The Morgan fingerprint density at radius 2 is 1.89 bits per heavy atom. The van der Waals surface area contributed by atoms with Gasteiger partial charge in [0.1, 0.15) is 0 Å². The Kier molecular flexibility index (Phi) is 3.17. The molecule has 98 valence electrons. The van der Waals surface area contributed by atoms with E-state index in [1.807, 2.05) is 24.3 Å². The molecule has 4 heteroatoms. The molecule has 0 spiro atoms. The van der Waals surface area contributed by atoms with E-state index in [0.717, 1.165) is 23.3 Å². The second-order valence-electron chi connectivity index (χ2n) is 4.54. The van der Waals surface area contributed by atoms with E-state index in [9.17, 15) is 8.78 Å². The molecule has 2 aromatic carbocycles. The molecule has 1 N–H and O–H groups in total. The van der Waals surface area contributed by atoms with Gasteiger partial charge in [0.25, 0.3) is 0 Å². The van der Waals surface area contributed by atoms with Crippen LogP contribution in [0.3, 0.4) is 0 Å². The van der Waals surface area contributed by atoms with Crippen LogP contribution in [0.2, 0.25) is 0 Å². The van der Waals surface area contributed by atoms with E-state index in [1.54, 1.807) is 0 Å². The molecule has 1 aliphatic rings. The van der Waals surface area contributed by atoms with Crippen molar-refractivity contribution < 1.29 is 13.5 Å². The monoisotopic (exact) mass is 261 g/mol. The lowest BCUT2D eigenvalue weighted by Gasteiger charge is -2.27. The minimum Gasteiger partial charge on any atom is -0.376 e. The highest BCUT2D eigenvalue weighted by Crippen LogP contribution is 2.28. The maximum absolute atomic E-state index is 13.2. The third kappa shape index (κ3) is 2.44. The van der Waals surface area contributed by atoms with Crippen molar-refractivity contribution in [3.8, 4) is 0 Å². The van der Waals surface area contributed by atoms with Crippen LogP contribution < -0.4 is 5.32 Å². The molecular formula is C15H13F2NO. The number of anilines is 1. The summed E-state index contributed by atoms with van der Waals surface area (Å²) in [5.41, 5.74) is 2.80. The summed E-state index contributed by atoms with van der Waals surface area (Å²) in [7, 11) is 0. The number of fused-ring (bicyclic) bond motifs is 1. The molecule has 0 saturated carbocycles. The molecule has 1 atom stereocenters. The maximum atomic E-state index is 13.2. The van der Waals surface area contributed by atoms with Crippen LogP contribution in [-0.4, -0.2) is 6.61 Å². The zero-order chi connectivity index (χ0) is 13.2. The van der Waals surface area contributed by atoms with Gasteiger partial charge in [-0.1, -0.05) is 24.3 Å². The zero-order valence-electron chi connectivity index (χ0n) is 10.2. The number of rotatable bonds is 2. The summed E-state index contributed by atoms with van der Waals surface area (Å²) in [5, 5.41) is 3.17. The minimum absolute atomic E-state index is 0.0465. The highest BCUT2D eigenvalue weighted by atomic mass is 19.2. The number of hydrogen-bond acceptors (Lipinski definition) is 2. The fourth-order valence-corrected chi connectivity index (χ4v) is 2.29. The average Bonchev–Trinajstić information content (AvgIpc) is 2.43. The van der Waals surface area contributed by atoms with Crippen molar-refractivity contribution in [2.24, 2.45) is 0 Å². The third-order valence-electron chi connectivity index (χ3n) is 3.23. The van der Waals surface area contributed by atoms with Crippen molar-refractivity contribution in [1.29, 1.82) is 0 Å². The van der Waals surface area contributed by atoms with Crippen LogP contribution in [0.4, 0.5) is 14.5 Å². The Morgan fingerprint density at radius 1 is 1.05 bits per heavy atom. The summed E-state index contributed by atoms with van der Waals surface area (Å²) in [4.78, 5) is 0. The van der Waals surface area contributed by atoms with Gasteiger partial charge < -0.3 is 10.1 Å². The molecule has 2 aromatic rings. The van der Waals surface area contributed by atoms with Gasteiger partial charge in [0.2, 0.25) is 0 Å². The summed E-state index contributed by atoms with van der Waals surface area (Å²) in [6.45, 7) is 1.10. The molecule has 1 heterocycles. The first-order chi connectivity index (χ1) is 9.24. The predicted molar refractivity (Wildman–Crippen MR) is 68.8 cm³/mol. The average molecular weight is 261 g/mol. The van der Waals surface area contributed by atoms with Crippen molar-refractivity contribution in [2.75, 3.05) is 11.9 Å². The number of nitrogens with one attached hydrogen (secondary N) is 1. The zero-order valence-corrected chi connectivity index (χ0v) is 10.2. The largest absolute Gasteiger partial charge is 0.376 e. The number of ether oxygens (including phenoxy) is 1. The molecule has 0 radical (unpaired) electrons. The second-order valence-corrected chi connectivity index (χ2v) is 4.54. The molecule has 0 aromatic heterocycles. The van der Waals surface area contributed by atoms with Crippen LogP contribution in [0, 0.1) is 11.6 Å². The lowest BCUT2D eigenvalue weighted by atomic mass is 9.99. The van der Waals surface area contributed by atoms with Crippen LogP contribution in [0.15, 0.2) is 42.5 Å². The Labute approximate surface area is 110 Å². The van der Waals surface area contributed by atoms with E-state index in [4.69, 9.17) is 4.74 Å². The van der Waals surface area contributed by atoms with Crippen molar-refractivity contribution >= 4 is 5.69 Å². The molecular weight excluding hydrogens is 248 g/mol. The van der Waals surface area contributed by atoms with Gasteiger partial charge in [-0.2, -0.15) is 0 Å². The van der Waals surface area contributed by atoms with Crippen LogP contribution in [0.5, 0.6) is 0 Å². The van der Waals surface area contributed by atoms with E-state index in [2.05, 4.69) is 5.32 Å². The maximum Gasteiger partial charge on any atom is 0.160 e. The Balaban J connectivity index is 1.86. The van der Waals surface area contributed by atoms with Gasteiger partial charge >= 0.3 is 0 Å². The number of benzene rings is 2. The Bertz CT molecular complexity index is 600. The molecule has 0 amide bonds. The first kappa shape index (κ1) is 12.1. The van der Waals surface area contributed by atoms with Gasteiger partial charge in [-0.25, -0.2) is 8.78 Å². The van der Waals surface area contributed by atoms with E-state index in [1.165, 1.54) is 6.07 Å². The quantitative estimate of drug-likeness (QED) is 0.891. The molecule has 3 rings (SSSR count). The molecule has 0 aliphatic carbocycles. The Hall–Kier alpha value is -1.94. The summed E-state index contributed by atoms with van der Waals surface area (Å²) >= 11 is 0. The smallest absolute Gasteiger partial charge is 0.160 e. The van der Waals surface area contributed by atoms with Gasteiger partial charge in [0.15, 0.2) is 11.6 Å². The SMILES string of the molecule is Fc1ccc(NC2COCc3ccccc32)cc1F. The van der Waals surface area contributed by atoms with Gasteiger partial charge in [-0.15, -0.1) is 0 Å². The minimum atomic E-state index is -0.852. The lowest BCUT2D eigenvalue weighted by molar-refractivity contribution is 0.0970. The lowest BCUT2D eigenvalue weighted by Crippen LogP contribution is -2.23. The van der Waals surface area contributed by atoms with Crippen LogP contribution in [0.25, 0.3) is 0 Å². The summed E-state index contributed by atoms with van der Waals surface area (Å²) in [6.07, 6.45) is 0. The molecule has 0 fully saturated rings. The standard InChI is InChI=1S/C15H13F2NO/c16-13-6-5-11(7-14(13)17)18-15-9-19-8-10-3-1-2-4-12(10)15/h1-7,15,18H,8-9H2. The molecule has 0 bridgehead atoms. The first-order valence-electron chi connectivity index (χ1n) is 6.11. The number of halogens is 2. The van der Waals surface area contributed by atoms with Crippen molar-refractivity contribution in [3.05, 3.63) is 65.2 Å². The second kappa shape index (κ2) is 4.97. The third-order valence-corrected chi connectivity index (χ3v) is 3.23. The first-order valence-corrected chi connectivity index (χ1v) is 6.11. The summed E-state index contributed by atoms with van der Waals surface area (Å²) in [6, 6.07) is 11.7. The van der Waals surface area contributed by atoms with Crippen LogP contribution >= 0.6 is 0 Å². The predicted octanol–water partition coefficient (Wildman–Crippen LogP) is 3.65. The highest BCUT2D eigenvalue weighted by Gasteiger charge is 2.20. The topological polar surface area (TPSA) is 21.3 Å². The fraction of sp³-hybridized carbons (Fsp3) is 0.200.